The van der Waals surface area contributed by atoms with Crippen LogP contribution in [0.15, 0.2) is 36.4 Å². The van der Waals surface area contributed by atoms with Gasteiger partial charge in [0.25, 0.3) is 5.91 Å². The summed E-state index contributed by atoms with van der Waals surface area (Å²) in [4.78, 5) is 194. The highest BCUT2D eigenvalue weighted by Gasteiger charge is 2.46. The van der Waals surface area contributed by atoms with Gasteiger partial charge in [-0.3, -0.25) is 82.9 Å². The second-order valence-electron chi connectivity index (χ2n) is 36.8. The summed E-state index contributed by atoms with van der Waals surface area (Å²) in [6, 6.07) is 11.7. The number of carbonyl (C=O) groups is 12. The van der Waals surface area contributed by atoms with Gasteiger partial charge in [0.2, 0.25) is 11.8 Å². The highest BCUT2D eigenvalue weighted by atomic mass is 79.9. The average molecular weight is 1890 g/mol. The molecule has 1 unspecified atom stereocenters. The summed E-state index contributed by atoms with van der Waals surface area (Å²) in [5.74, 6) is -1.36. The van der Waals surface area contributed by atoms with E-state index in [1.54, 1.807) is 55.4 Å². The topological polar surface area (TPSA) is 419 Å². The number of carbonyl (C=O) groups excluding carboxylic acids is 12. The van der Waals surface area contributed by atoms with E-state index in [9.17, 15) is 57.5 Å². The van der Waals surface area contributed by atoms with Crippen LogP contribution < -0.4 is 55.9 Å². The van der Waals surface area contributed by atoms with E-state index < -0.39 is 64.7 Å². The monoisotopic (exact) mass is 1890 g/mol. The molecule has 694 valence electrons. The molecular formula is C98H130Br2N12O16-2. The van der Waals surface area contributed by atoms with Crippen LogP contribution in [0.5, 0.6) is 0 Å². The summed E-state index contributed by atoms with van der Waals surface area (Å²) in [5.41, 5.74) is 17.0. The lowest BCUT2D eigenvalue weighted by Crippen LogP contribution is -3.00. The number of esters is 4. The lowest BCUT2D eigenvalue weighted by atomic mass is 9.84. The number of fused-ring (bicyclic) bond motifs is 16. The standard InChI is InChI=1S/C49H67N7O8.C49H63N5O8.2BrH/c1-12-15-31(58)20-30(48(62)64-49(8,9)10)16-14-19-51-41(59)18-17-33-26(4)36-22-37-27(5)43(29(7)57)40(53-37)24-35-25(3)32(13-2)39(52-35)23-38-28(6)44(47(61)56-50)46(55-38)34(45(33)54-36)21-42(60)63-11;1-12-15-30(56)20-29(47(59)62-49(8,9)10)16-14-19-50-39(57)18-17-32-25(4)34-21-35-26(5)40(28(7)55)38(52-35)23-33-24(3)31(13-2)37(51-33)22-36-27(6)41-45(54-36)42(44(32)53-34)43(46(41)58)48(60)61-11;;/h22-26,30,32-33,53,55H,12-21,50H2,1-11H3,(H,51,59)(H,56,61);21-25,29,31-32,43,52,54H,12-20H2,1-11H3,(H,50,57);2*1H/p-2/t25-,26+,30-,32-,33+;24-,25+,29-,31-,32+,43?;;/m11../s1. The van der Waals surface area contributed by atoms with Crippen LogP contribution in [0, 0.1) is 39.5 Å². The Bertz CT molecular complexity index is 5620. The van der Waals surface area contributed by atoms with Gasteiger partial charge in [-0.05, 0) is 206 Å². The molecule has 9 N–H and O–H groups in total. The third-order valence-corrected chi connectivity index (χ3v) is 25.6. The maximum Gasteiger partial charge on any atom is 0.321 e. The van der Waals surface area contributed by atoms with Crippen molar-refractivity contribution in [1.29, 1.82) is 0 Å². The summed E-state index contributed by atoms with van der Waals surface area (Å²) in [7, 11) is 2.56. The predicted molar refractivity (Wildman–Crippen MR) is 483 cm³/mol. The molecule has 128 heavy (non-hydrogen) atoms. The first-order chi connectivity index (χ1) is 59.5. The second-order valence-corrected chi connectivity index (χ2v) is 36.8. The van der Waals surface area contributed by atoms with Gasteiger partial charge in [-0.2, -0.15) is 0 Å². The first-order valence-electron chi connectivity index (χ1n) is 44.8. The van der Waals surface area contributed by atoms with Crippen LogP contribution in [0.25, 0.3) is 44.1 Å². The average Bonchev–Trinajstić information content (AvgIpc) is 1.56. The number of aromatic nitrogens is 8. The van der Waals surface area contributed by atoms with Gasteiger partial charge in [0, 0.05) is 183 Å². The van der Waals surface area contributed by atoms with E-state index in [1.165, 1.54) is 14.2 Å². The normalized spacial score (nSPS) is 18.5. The number of H-pyrrole nitrogens is 4. The van der Waals surface area contributed by atoms with Gasteiger partial charge < -0.3 is 83.5 Å². The molecule has 0 spiro atoms. The number of hydrogen-bond acceptors (Lipinski definition) is 21. The van der Waals surface area contributed by atoms with Crippen molar-refractivity contribution in [3.05, 3.63) is 138 Å². The molecule has 0 aromatic carbocycles. The fourth-order valence-corrected chi connectivity index (χ4v) is 18.8. The smallest absolute Gasteiger partial charge is 0.321 e. The molecule has 0 fully saturated rings. The number of nitrogens with zero attached hydrogens (tertiary/aromatic N) is 4. The number of aromatic amines is 4. The van der Waals surface area contributed by atoms with E-state index >= 15 is 0 Å². The SMILES string of the molecule is CCCC(=O)C[C@@H](CCCNC(=O)CC[C@@H]1c2nc(cc3[nH]c(cc4nc(cc5[nH]c(c2CC(=O)OC)c(C(=O)NN)c5C)[C@H](CC)[C@H]4C)c(C(C)=O)c3C)[C@H]1C)C(=O)OC(C)(C)C.CCCC(=O)C[C@@H](CCCNC(=O)CC[C@@H]1c2nc(cc3[nH]c(cc4nc(cc5[nH]c6c(c5C)C(=O)C(C(=O)OC)c26)[C@H](CC)[C@H]4C)c(C(C)=O)c3C)[C@H]1C)C(=O)OC(C)(C)C.[Br-].[Br-]. The molecule has 6 aromatic heterocycles. The minimum Gasteiger partial charge on any atom is -1.00 e. The first kappa shape index (κ1) is 103. The van der Waals surface area contributed by atoms with E-state index in [0.29, 0.717) is 177 Å². The van der Waals surface area contributed by atoms with Crippen LogP contribution in [0.4, 0.5) is 0 Å². The van der Waals surface area contributed by atoms with Crippen molar-refractivity contribution in [3.8, 4) is 0 Å². The maximum atomic E-state index is 14.4. The first-order valence-corrected chi connectivity index (χ1v) is 44.8. The molecule has 1 aliphatic carbocycles. The minimum absolute atomic E-state index is 0. The molecular weight excluding hydrogens is 1760 g/mol. The van der Waals surface area contributed by atoms with E-state index in [-0.39, 0.29) is 160 Å². The summed E-state index contributed by atoms with van der Waals surface area (Å²) in [6.45, 7) is 38.3. The van der Waals surface area contributed by atoms with Crippen LogP contribution in [-0.2, 0) is 63.7 Å². The Balaban J connectivity index is 0.000000312. The van der Waals surface area contributed by atoms with Gasteiger partial charge in [-0.25, -0.2) is 5.84 Å². The summed E-state index contributed by atoms with van der Waals surface area (Å²) in [6.07, 6.45) is 6.33. The fourth-order valence-electron chi connectivity index (χ4n) is 18.8. The molecule has 16 bridgehead atoms. The quantitative estimate of drug-likeness (QED) is 0.00284. The number of amides is 3. The molecule has 5 aliphatic rings. The molecule has 0 saturated heterocycles. The van der Waals surface area contributed by atoms with Crippen molar-refractivity contribution in [2.24, 2.45) is 17.7 Å². The lowest BCUT2D eigenvalue weighted by Gasteiger charge is -2.24. The van der Waals surface area contributed by atoms with Crippen molar-refractivity contribution >= 4 is 115 Å². The summed E-state index contributed by atoms with van der Waals surface area (Å²) >= 11 is 0. The Morgan fingerprint density at radius 2 is 0.867 bits per heavy atom. The Kier molecular flexibility index (Phi) is 35.4. The molecule has 6 aromatic rings. The van der Waals surface area contributed by atoms with Gasteiger partial charge in [0.05, 0.1) is 71.5 Å². The summed E-state index contributed by atoms with van der Waals surface area (Å²) < 4.78 is 21.7. The van der Waals surface area contributed by atoms with Crippen molar-refractivity contribution in [2.75, 3.05) is 27.3 Å². The number of ether oxygens (including phenoxy) is 4. The minimum atomic E-state index is -1.25. The second kappa shape index (κ2) is 43.9. The van der Waals surface area contributed by atoms with Crippen molar-refractivity contribution in [1.82, 2.24) is 55.9 Å². The number of hydrogen-bond donors (Lipinski definition) is 8. The Morgan fingerprint density at radius 3 is 1.27 bits per heavy atom. The number of nitrogen functional groups attached to an aromatic ring is 1. The molecule has 0 radical (unpaired) electrons. The Labute approximate surface area is 771 Å². The molecule has 28 nitrogen and oxygen atoms in total. The summed E-state index contributed by atoms with van der Waals surface area (Å²) in [5, 5.41) is 5.99. The number of ketones is 5. The maximum absolute atomic E-state index is 14.4. The van der Waals surface area contributed by atoms with Crippen molar-refractivity contribution in [3.63, 3.8) is 0 Å². The number of methoxy groups -OCH3 is 2. The molecule has 11 atom stereocenters. The van der Waals surface area contributed by atoms with E-state index in [0.717, 1.165) is 46.7 Å². The Hall–Kier alpha value is -10.2. The largest absolute Gasteiger partial charge is 1.00 e. The van der Waals surface area contributed by atoms with Gasteiger partial charge >= 0.3 is 23.9 Å². The van der Waals surface area contributed by atoms with Gasteiger partial charge in [-0.15, -0.1) is 0 Å². The van der Waals surface area contributed by atoms with E-state index in [2.05, 4.69) is 63.7 Å². The highest BCUT2D eigenvalue weighted by Crippen LogP contribution is 2.50. The molecule has 3 amide bonds. The van der Waals surface area contributed by atoms with Crippen LogP contribution in [0.2, 0.25) is 0 Å². The van der Waals surface area contributed by atoms with Crippen LogP contribution in [-0.4, -0.2) is 149 Å². The molecule has 10 heterocycles. The van der Waals surface area contributed by atoms with Crippen molar-refractivity contribution < 1.29 is 110 Å². The number of nitrogens with two attached hydrogens (primary N) is 1. The zero-order valence-electron chi connectivity index (χ0n) is 78.4. The van der Waals surface area contributed by atoms with E-state index in [1.807, 2.05) is 91.8 Å². The number of Topliss-reactive ketones (excluding diaryl/α,β-unsaturated/α-hetero) is 5. The molecule has 4 aliphatic heterocycles. The van der Waals surface area contributed by atoms with Crippen molar-refractivity contribution in [2.45, 2.75) is 312 Å². The fraction of sp³-hybridized carbons (Fsp3) is 0.551. The van der Waals surface area contributed by atoms with Crippen LogP contribution in [0.3, 0.4) is 0 Å². The predicted octanol–water partition coefficient (Wildman–Crippen LogP) is 11.2. The zero-order chi connectivity index (χ0) is 92.6. The van der Waals surface area contributed by atoms with E-state index in [4.69, 9.17) is 44.7 Å². The number of halogens is 2. The molecule has 0 saturated carbocycles. The Morgan fingerprint density at radius 1 is 0.484 bits per heavy atom. The number of rotatable bonds is 32. The number of nitrogens with one attached hydrogen (secondary N) is 7. The third kappa shape index (κ3) is 23.3. The number of hydrazine groups is 1. The molecule has 30 heteroatoms. The van der Waals surface area contributed by atoms with Gasteiger partial charge in [0.1, 0.15) is 28.7 Å². The number of aryl methyl sites for hydroxylation is 4. The van der Waals surface area contributed by atoms with Crippen LogP contribution >= 0.6 is 0 Å². The molecule has 11 rings (SSSR count). The van der Waals surface area contributed by atoms with Gasteiger partial charge in [0.15, 0.2) is 17.3 Å². The third-order valence-electron chi connectivity index (χ3n) is 25.6. The van der Waals surface area contributed by atoms with Gasteiger partial charge in [-0.1, -0.05) is 55.4 Å². The lowest BCUT2D eigenvalue weighted by molar-refractivity contribution is -0.162. The highest BCUT2D eigenvalue weighted by molar-refractivity contribution is 6.24. The zero-order valence-corrected chi connectivity index (χ0v) is 81.6. The van der Waals surface area contributed by atoms with Crippen LogP contribution in [0.1, 0.15) is 387 Å².